The van der Waals surface area contributed by atoms with Gasteiger partial charge in [-0.3, -0.25) is 9.69 Å². The van der Waals surface area contributed by atoms with Crippen LogP contribution in [0.15, 0.2) is 103 Å². The SMILES string of the molecule is N#CC(C#N)C1/C(=C\c2ccc(N(c3ccccc3)c3ccccn3)s2)C(=O)c2nc3ccccc3cc21. The monoisotopic (exact) mass is 509 g/mol. The molecule has 0 saturated heterocycles. The zero-order valence-electron chi connectivity index (χ0n) is 20.0. The maximum atomic E-state index is 13.6. The van der Waals surface area contributed by atoms with Gasteiger partial charge in [0.05, 0.1) is 17.7 Å². The molecule has 1 unspecified atom stereocenters. The van der Waals surface area contributed by atoms with Crippen LogP contribution < -0.4 is 4.90 Å². The second kappa shape index (κ2) is 9.74. The molecule has 0 bridgehead atoms. The summed E-state index contributed by atoms with van der Waals surface area (Å²) in [5, 5.41) is 21.4. The summed E-state index contributed by atoms with van der Waals surface area (Å²) in [6, 6.07) is 33.2. The number of rotatable bonds is 5. The van der Waals surface area contributed by atoms with Crippen molar-refractivity contribution in [3.8, 4) is 12.1 Å². The van der Waals surface area contributed by atoms with Gasteiger partial charge in [-0.15, -0.1) is 11.3 Å². The van der Waals surface area contributed by atoms with Crippen LogP contribution in [0.1, 0.15) is 26.8 Å². The number of ketones is 1. The molecule has 6 rings (SSSR count). The number of hydrogen-bond donors (Lipinski definition) is 0. The summed E-state index contributed by atoms with van der Waals surface area (Å²) >= 11 is 1.50. The second-order valence-corrected chi connectivity index (χ2v) is 9.89. The van der Waals surface area contributed by atoms with Gasteiger partial charge < -0.3 is 0 Å². The molecule has 1 aliphatic rings. The van der Waals surface area contributed by atoms with Crippen LogP contribution in [0.4, 0.5) is 16.5 Å². The van der Waals surface area contributed by atoms with Crippen LogP contribution in [0.5, 0.6) is 0 Å². The fourth-order valence-corrected chi connectivity index (χ4v) is 5.81. The molecule has 3 aromatic heterocycles. The van der Waals surface area contributed by atoms with Crippen molar-refractivity contribution in [1.29, 1.82) is 10.5 Å². The van der Waals surface area contributed by atoms with Crippen molar-refractivity contribution >= 4 is 50.6 Å². The molecule has 0 amide bonds. The van der Waals surface area contributed by atoms with Crippen molar-refractivity contribution in [2.45, 2.75) is 5.92 Å². The van der Waals surface area contributed by atoms with E-state index in [1.165, 1.54) is 11.3 Å². The zero-order chi connectivity index (χ0) is 26.1. The number of fused-ring (bicyclic) bond motifs is 2. The summed E-state index contributed by atoms with van der Waals surface area (Å²) in [5.74, 6) is -1.16. The standard InChI is InChI=1S/C31H19N5OS/c32-18-21(19-33)29-24-16-20-8-4-5-11-26(20)35-30(24)31(37)25(29)17-23-13-14-28(38-23)36(22-9-2-1-3-10-22)27-12-6-7-15-34-27/h1-17,21,29H/b25-17+. The first-order valence-corrected chi connectivity index (χ1v) is 12.8. The molecule has 38 heavy (non-hydrogen) atoms. The van der Waals surface area contributed by atoms with Crippen molar-refractivity contribution in [1.82, 2.24) is 9.97 Å². The molecule has 2 aromatic carbocycles. The molecule has 1 aliphatic carbocycles. The third-order valence-electron chi connectivity index (χ3n) is 6.54. The molecule has 7 heteroatoms. The fourth-order valence-electron chi connectivity index (χ4n) is 4.82. The van der Waals surface area contributed by atoms with E-state index in [0.717, 1.165) is 26.8 Å². The number of para-hydroxylation sites is 2. The van der Waals surface area contributed by atoms with Crippen molar-refractivity contribution in [2.75, 3.05) is 4.90 Å². The van der Waals surface area contributed by atoms with E-state index in [4.69, 9.17) is 0 Å². The maximum Gasteiger partial charge on any atom is 0.208 e. The van der Waals surface area contributed by atoms with Crippen LogP contribution in [0.25, 0.3) is 17.0 Å². The molecule has 0 aliphatic heterocycles. The molecule has 3 heterocycles. The Balaban J connectivity index is 1.45. The van der Waals surface area contributed by atoms with Gasteiger partial charge in [0.2, 0.25) is 5.78 Å². The van der Waals surface area contributed by atoms with Gasteiger partial charge in [-0.25, -0.2) is 9.97 Å². The molecule has 5 aromatic rings. The molecule has 1 atom stereocenters. The first kappa shape index (κ1) is 23.3. The van der Waals surface area contributed by atoms with E-state index in [9.17, 15) is 15.3 Å². The summed E-state index contributed by atoms with van der Waals surface area (Å²) in [4.78, 5) is 25.7. The summed E-state index contributed by atoms with van der Waals surface area (Å²) in [6.45, 7) is 0. The number of carbonyl (C=O) groups excluding carboxylic acids is 1. The average Bonchev–Trinajstić information content (AvgIpc) is 3.52. The van der Waals surface area contributed by atoms with Gasteiger partial charge in [0.15, 0.2) is 0 Å². The number of allylic oxidation sites excluding steroid dienone is 1. The largest absolute Gasteiger partial charge is 0.287 e. The number of aromatic nitrogens is 2. The van der Waals surface area contributed by atoms with Crippen LogP contribution >= 0.6 is 11.3 Å². The molecule has 0 fully saturated rings. The quantitative estimate of drug-likeness (QED) is 0.233. The van der Waals surface area contributed by atoms with Crippen molar-refractivity contribution in [2.24, 2.45) is 5.92 Å². The van der Waals surface area contributed by atoms with Gasteiger partial charge >= 0.3 is 0 Å². The van der Waals surface area contributed by atoms with Gasteiger partial charge in [0.25, 0.3) is 0 Å². The number of Topliss-reactive ketones (excluding diaryl/α,β-unsaturated/α-hetero) is 1. The van der Waals surface area contributed by atoms with Crippen molar-refractivity contribution in [3.63, 3.8) is 0 Å². The lowest BCUT2D eigenvalue weighted by Crippen LogP contribution is -2.10. The first-order chi connectivity index (χ1) is 18.7. The first-order valence-electron chi connectivity index (χ1n) is 12.0. The number of anilines is 3. The molecular formula is C31H19N5OS. The van der Waals surface area contributed by atoms with Crippen molar-refractivity contribution in [3.05, 3.63) is 119 Å². The maximum absolute atomic E-state index is 13.6. The zero-order valence-corrected chi connectivity index (χ0v) is 20.8. The van der Waals surface area contributed by atoms with Crippen molar-refractivity contribution < 1.29 is 4.79 Å². The number of thiophene rings is 1. The Kier molecular flexibility index (Phi) is 5.97. The van der Waals surface area contributed by atoms with E-state index >= 15 is 0 Å². The second-order valence-electron chi connectivity index (χ2n) is 8.80. The summed E-state index contributed by atoms with van der Waals surface area (Å²) in [6.07, 6.45) is 3.55. The lowest BCUT2D eigenvalue weighted by atomic mass is 9.85. The fraction of sp³-hybridized carbons (Fsp3) is 0.0645. The van der Waals surface area contributed by atoms with Gasteiger partial charge in [-0.2, -0.15) is 10.5 Å². The minimum Gasteiger partial charge on any atom is -0.287 e. The molecular weight excluding hydrogens is 490 g/mol. The molecule has 6 nitrogen and oxygen atoms in total. The Morgan fingerprint density at radius 2 is 1.68 bits per heavy atom. The number of carbonyl (C=O) groups is 1. The van der Waals surface area contributed by atoms with Crippen LogP contribution in [0, 0.1) is 28.6 Å². The topological polar surface area (TPSA) is 93.7 Å². The summed E-state index contributed by atoms with van der Waals surface area (Å²) in [5.41, 5.74) is 3.01. The van der Waals surface area contributed by atoms with E-state index in [0.29, 0.717) is 22.3 Å². The predicted octanol–water partition coefficient (Wildman–Crippen LogP) is 7.19. The Morgan fingerprint density at radius 3 is 2.45 bits per heavy atom. The molecule has 0 saturated carbocycles. The van der Waals surface area contributed by atoms with Crippen LogP contribution in [-0.4, -0.2) is 15.8 Å². The van der Waals surface area contributed by atoms with E-state index in [1.807, 2.05) is 91.0 Å². The van der Waals surface area contributed by atoms with Gasteiger partial charge in [-0.1, -0.05) is 42.5 Å². The molecule has 0 spiro atoms. The molecule has 0 N–H and O–H groups in total. The van der Waals surface area contributed by atoms with E-state index in [1.54, 1.807) is 12.3 Å². The molecule has 180 valence electrons. The number of pyridine rings is 2. The van der Waals surface area contributed by atoms with Gasteiger partial charge in [0.1, 0.15) is 22.4 Å². The average molecular weight is 510 g/mol. The highest BCUT2D eigenvalue weighted by Gasteiger charge is 2.41. The Hall–Kier alpha value is -5.11. The Morgan fingerprint density at radius 1 is 0.921 bits per heavy atom. The van der Waals surface area contributed by atoms with Crippen LogP contribution in [-0.2, 0) is 0 Å². The minimum atomic E-state index is -1.01. The minimum absolute atomic E-state index is 0.245. The Labute approximate surface area is 223 Å². The normalized spacial score (nSPS) is 15.4. The van der Waals surface area contributed by atoms with E-state index in [-0.39, 0.29) is 5.78 Å². The number of hydrogen-bond acceptors (Lipinski definition) is 7. The lowest BCUT2D eigenvalue weighted by Gasteiger charge is -2.22. The Bertz CT molecular complexity index is 1730. The highest BCUT2D eigenvalue weighted by Crippen LogP contribution is 2.45. The number of nitrogens with zero attached hydrogens (tertiary/aromatic N) is 5. The smallest absolute Gasteiger partial charge is 0.208 e. The van der Waals surface area contributed by atoms with Crippen LogP contribution in [0.2, 0.25) is 0 Å². The summed E-state index contributed by atoms with van der Waals surface area (Å²) < 4.78 is 0. The highest BCUT2D eigenvalue weighted by molar-refractivity contribution is 7.17. The number of benzene rings is 2. The van der Waals surface area contributed by atoms with Gasteiger partial charge in [-0.05, 0) is 60.2 Å². The molecule has 0 radical (unpaired) electrons. The number of nitriles is 2. The van der Waals surface area contributed by atoms with Crippen LogP contribution in [0.3, 0.4) is 0 Å². The summed E-state index contributed by atoms with van der Waals surface area (Å²) in [7, 11) is 0. The lowest BCUT2D eigenvalue weighted by molar-refractivity contribution is 0.103. The third kappa shape index (κ3) is 4.02. The van der Waals surface area contributed by atoms with E-state index in [2.05, 4.69) is 27.0 Å². The predicted molar refractivity (Wildman–Crippen MR) is 148 cm³/mol. The highest BCUT2D eigenvalue weighted by atomic mass is 32.1. The third-order valence-corrected chi connectivity index (χ3v) is 7.55. The van der Waals surface area contributed by atoms with Gasteiger partial charge in [0, 0.05) is 33.6 Å². The van der Waals surface area contributed by atoms with E-state index < -0.39 is 11.8 Å².